The molecule has 2 rings (SSSR count). The minimum absolute atomic E-state index is 0.134. The highest BCUT2D eigenvalue weighted by atomic mass is 79.9. The molecular formula is C14H19BrN4. The van der Waals surface area contributed by atoms with Gasteiger partial charge in [0.15, 0.2) is 0 Å². The second-order valence-electron chi connectivity index (χ2n) is 4.76. The van der Waals surface area contributed by atoms with Gasteiger partial charge in [0.05, 0.1) is 6.20 Å². The normalized spacial score (nSPS) is 12.6. The molecule has 0 amide bonds. The minimum atomic E-state index is 0.134. The third kappa shape index (κ3) is 3.43. The summed E-state index contributed by atoms with van der Waals surface area (Å²) in [6.07, 6.45) is 5.82. The van der Waals surface area contributed by atoms with Crippen LogP contribution < -0.4 is 11.3 Å². The maximum Gasteiger partial charge on any atom is 0.0521 e. The zero-order valence-electron chi connectivity index (χ0n) is 11.2. The van der Waals surface area contributed by atoms with Crippen molar-refractivity contribution >= 4 is 15.9 Å². The Morgan fingerprint density at radius 2 is 2.26 bits per heavy atom. The average molecular weight is 323 g/mol. The summed E-state index contributed by atoms with van der Waals surface area (Å²) in [5.74, 6) is 5.70. The number of hydrogen-bond donors (Lipinski definition) is 2. The summed E-state index contributed by atoms with van der Waals surface area (Å²) >= 11 is 3.64. The van der Waals surface area contributed by atoms with Gasteiger partial charge in [-0.25, -0.2) is 0 Å². The summed E-state index contributed by atoms with van der Waals surface area (Å²) in [6.45, 7) is 2.09. The van der Waals surface area contributed by atoms with E-state index in [2.05, 4.69) is 51.6 Å². The van der Waals surface area contributed by atoms with Gasteiger partial charge in [0, 0.05) is 23.8 Å². The van der Waals surface area contributed by atoms with Gasteiger partial charge in [0.1, 0.15) is 0 Å². The molecule has 2 aromatic rings. The van der Waals surface area contributed by atoms with E-state index in [4.69, 9.17) is 5.84 Å². The van der Waals surface area contributed by atoms with E-state index in [9.17, 15) is 0 Å². The molecule has 0 aliphatic rings. The summed E-state index contributed by atoms with van der Waals surface area (Å²) in [5.41, 5.74) is 6.56. The van der Waals surface area contributed by atoms with E-state index in [1.165, 1.54) is 16.7 Å². The maximum absolute atomic E-state index is 5.70. The smallest absolute Gasteiger partial charge is 0.0521 e. The molecule has 1 aromatic heterocycles. The lowest BCUT2D eigenvalue weighted by molar-refractivity contribution is 0.514. The van der Waals surface area contributed by atoms with Crippen molar-refractivity contribution in [1.29, 1.82) is 0 Å². The largest absolute Gasteiger partial charge is 0.276 e. The molecule has 4 nitrogen and oxygen atoms in total. The van der Waals surface area contributed by atoms with E-state index in [-0.39, 0.29) is 6.04 Å². The minimum Gasteiger partial charge on any atom is -0.276 e. The molecule has 1 unspecified atom stereocenters. The predicted molar refractivity (Wildman–Crippen MR) is 80.5 cm³/mol. The Kier molecular flexibility index (Phi) is 4.74. The predicted octanol–water partition coefficient (Wildman–Crippen LogP) is 2.63. The average Bonchev–Trinajstić information content (AvgIpc) is 2.81. The van der Waals surface area contributed by atoms with Crippen molar-refractivity contribution in [2.24, 2.45) is 12.9 Å². The lowest BCUT2D eigenvalue weighted by atomic mass is 9.99. The van der Waals surface area contributed by atoms with Gasteiger partial charge >= 0.3 is 0 Å². The van der Waals surface area contributed by atoms with Gasteiger partial charge in [-0.3, -0.25) is 16.0 Å². The van der Waals surface area contributed by atoms with E-state index >= 15 is 0 Å². The van der Waals surface area contributed by atoms with Gasteiger partial charge in [0.25, 0.3) is 0 Å². The molecule has 19 heavy (non-hydrogen) atoms. The van der Waals surface area contributed by atoms with Crippen LogP contribution >= 0.6 is 15.9 Å². The fraction of sp³-hybridized carbons (Fsp3) is 0.357. The molecule has 0 saturated heterocycles. The monoisotopic (exact) mass is 322 g/mol. The first kappa shape index (κ1) is 14.2. The Labute approximate surface area is 122 Å². The number of aromatic nitrogens is 2. The van der Waals surface area contributed by atoms with E-state index in [1.807, 2.05) is 24.1 Å². The van der Waals surface area contributed by atoms with Crippen LogP contribution in [0.1, 0.15) is 29.2 Å². The summed E-state index contributed by atoms with van der Waals surface area (Å²) < 4.78 is 2.95. The fourth-order valence-corrected chi connectivity index (χ4v) is 2.72. The van der Waals surface area contributed by atoms with Gasteiger partial charge in [0.2, 0.25) is 0 Å². The van der Waals surface area contributed by atoms with Gasteiger partial charge in [-0.1, -0.05) is 34.1 Å². The Morgan fingerprint density at radius 1 is 1.47 bits per heavy atom. The highest BCUT2D eigenvalue weighted by Gasteiger charge is 2.14. The fourth-order valence-electron chi connectivity index (χ4n) is 2.18. The molecule has 0 saturated carbocycles. The number of nitrogens with one attached hydrogen (secondary N) is 1. The molecule has 3 N–H and O–H groups in total. The highest BCUT2D eigenvalue weighted by molar-refractivity contribution is 9.10. The van der Waals surface area contributed by atoms with Crippen LogP contribution in [0.4, 0.5) is 0 Å². The van der Waals surface area contributed by atoms with Crippen LogP contribution in [0.15, 0.2) is 35.1 Å². The number of halogens is 1. The third-order valence-electron chi connectivity index (χ3n) is 3.28. The van der Waals surface area contributed by atoms with Crippen molar-refractivity contribution in [3.8, 4) is 0 Å². The zero-order chi connectivity index (χ0) is 13.8. The molecule has 1 aromatic carbocycles. The number of nitrogens with two attached hydrogens (primary N) is 1. The number of hydrogen-bond acceptors (Lipinski definition) is 3. The second-order valence-corrected chi connectivity index (χ2v) is 5.55. The molecule has 0 fully saturated rings. The molecule has 0 radical (unpaired) electrons. The van der Waals surface area contributed by atoms with Crippen molar-refractivity contribution in [2.45, 2.75) is 25.8 Å². The van der Waals surface area contributed by atoms with Crippen molar-refractivity contribution in [3.63, 3.8) is 0 Å². The SMILES string of the molecule is Cc1cccc(C(CCc2cnn(C)c2)NN)c1Br. The number of nitrogens with zero attached hydrogens (tertiary/aromatic N) is 2. The standard InChI is InChI=1S/C14H19BrN4/c1-10-4-3-5-12(14(10)15)13(18-16)7-6-11-8-17-19(2)9-11/h3-5,8-9,13,18H,6-7,16H2,1-2H3. The van der Waals surface area contributed by atoms with Crippen LogP contribution in [0.5, 0.6) is 0 Å². The lowest BCUT2D eigenvalue weighted by Gasteiger charge is -2.18. The van der Waals surface area contributed by atoms with Gasteiger partial charge in [-0.2, -0.15) is 5.10 Å². The van der Waals surface area contributed by atoms with Crippen LogP contribution in [0.25, 0.3) is 0 Å². The molecule has 1 heterocycles. The first-order chi connectivity index (χ1) is 9.11. The van der Waals surface area contributed by atoms with Crippen molar-refractivity contribution in [3.05, 3.63) is 51.8 Å². The molecule has 0 aliphatic carbocycles. The summed E-state index contributed by atoms with van der Waals surface area (Å²) in [7, 11) is 1.93. The van der Waals surface area contributed by atoms with Gasteiger partial charge in [-0.15, -0.1) is 0 Å². The number of hydrazine groups is 1. The maximum atomic E-state index is 5.70. The summed E-state index contributed by atoms with van der Waals surface area (Å²) in [6, 6.07) is 6.38. The van der Waals surface area contributed by atoms with Gasteiger partial charge in [-0.05, 0) is 36.5 Å². The summed E-state index contributed by atoms with van der Waals surface area (Å²) in [4.78, 5) is 0. The molecule has 0 aliphatic heterocycles. The molecule has 1 atom stereocenters. The first-order valence-electron chi connectivity index (χ1n) is 6.30. The molecule has 0 spiro atoms. The van der Waals surface area contributed by atoms with E-state index in [0.29, 0.717) is 0 Å². The Hall–Kier alpha value is -1.17. The van der Waals surface area contributed by atoms with Crippen LogP contribution in [0, 0.1) is 6.92 Å². The highest BCUT2D eigenvalue weighted by Crippen LogP contribution is 2.28. The quantitative estimate of drug-likeness (QED) is 0.657. The van der Waals surface area contributed by atoms with Crippen LogP contribution in [0.2, 0.25) is 0 Å². The van der Waals surface area contributed by atoms with E-state index in [1.54, 1.807) is 0 Å². The first-order valence-corrected chi connectivity index (χ1v) is 7.09. The number of aryl methyl sites for hydroxylation is 3. The van der Waals surface area contributed by atoms with E-state index in [0.717, 1.165) is 17.3 Å². The van der Waals surface area contributed by atoms with Crippen LogP contribution in [-0.2, 0) is 13.5 Å². The van der Waals surface area contributed by atoms with Crippen molar-refractivity contribution in [1.82, 2.24) is 15.2 Å². The van der Waals surface area contributed by atoms with Crippen molar-refractivity contribution < 1.29 is 0 Å². The molecule has 5 heteroatoms. The molecular weight excluding hydrogens is 304 g/mol. The molecule has 102 valence electrons. The van der Waals surface area contributed by atoms with Crippen LogP contribution in [-0.4, -0.2) is 9.78 Å². The molecule has 0 bridgehead atoms. The summed E-state index contributed by atoms with van der Waals surface area (Å²) in [5, 5.41) is 4.18. The third-order valence-corrected chi connectivity index (χ3v) is 4.36. The van der Waals surface area contributed by atoms with Crippen LogP contribution in [0.3, 0.4) is 0 Å². The van der Waals surface area contributed by atoms with Crippen molar-refractivity contribution in [2.75, 3.05) is 0 Å². The van der Waals surface area contributed by atoms with E-state index < -0.39 is 0 Å². The Bertz CT molecular complexity index is 550. The lowest BCUT2D eigenvalue weighted by Crippen LogP contribution is -2.28. The Balaban J connectivity index is 2.09. The second kappa shape index (κ2) is 6.32. The Morgan fingerprint density at radius 3 is 2.89 bits per heavy atom. The van der Waals surface area contributed by atoms with Gasteiger partial charge < -0.3 is 0 Å². The topological polar surface area (TPSA) is 55.9 Å². The number of rotatable bonds is 5. The number of benzene rings is 1. The zero-order valence-corrected chi connectivity index (χ0v) is 12.8.